The molecule has 0 unspecified atom stereocenters. The summed E-state index contributed by atoms with van der Waals surface area (Å²) in [5.41, 5.74) is 6.05. The minimum absolute atomic E-state index is 0.264. The molecule has 0 saturated carbocycles. The van der Waals surface area contributed by atoms with Crippen LogP contribution in [0.5, 0.6) is 0 Å². The Morgan fingerprint density at radius 3 is 2.80 bits per heavy atom. The Labute approximate surface area is 182 Å². The van der Waals surface area contributed by atoms with Gasteiger partial charge in [-0.2, -0.15) is 5.10 Å². The maximum Gasteiger partial charge on any atom is 0.257 e. The maximum atomic E-state index is 12.4. The van der Waals surface area contributed by atoms with E-state index in [1.54, 1.807) is 41.8 Å². The lowest BCUT2D eigenvalue weighted by molar-refractivity contribution is 0.102. The SMILES string of the molecule is Cc1sc2ncnc(N/N=C/c3cccc(NC(=O)c4ccccc4Cl)c3)c2c1C. The van der Waals surface area contributed by atoms with Crippen LogP contribution in [0.3, 0.4) is 0 Å². The Hall–Kier alpha value is -3.29. The summed E-state index contributed by atoms with van der Waals surface area (Å²) in [6, 6.07) is 14.3. The molecule has 0 atom stereocenters. The predicted octanol–water partition coefficient (Wildman–Crippen LogP) is 5.66. The first-order valence-electron chi connectivity index (χ1n) is 9.18. The minimum Gasteiger partial charge on any atom is -0.322 e. The number of thiophene rings is 1. The molecule has 0 aliphatic heterocycles. The van der Waals surface area contributed by atoms with Gasteiger partial charge in [-0.05, 0) is 49.2 Å². The molecule has 0 aliphatic carbocycles. The van der Waals surface area contributed by atoms with Crippen LogP contribution in [-0.2, 0) is 0 Å². The first-order valence-corrected chi connectivity index (χ1v) is 10.4. The van der Waals surface area contributed by atoms with Crippen molar-refractivity contribution in [1.82, 2.24) is 9.97 Å². The summed E-state index contributed by atoms with van der Waals surface area (Å²) in [6.07, 6.45) is 3.20. The summed E-state index contributed by atoms with van der Waals surface area (Å²) < 4.78 is 0. The van der Waals surface area contributed by atoms with Crippen molar-refractivity contribution in [2.75, 3.05) is 10.7 Å². The number of nitrogens with zero attached hydrogens (tertiary/aromatic N) is 3. The van der Waals surface area contributed by atoms with Crippen LogP contribution in [0.15, 0.2) is 60.0 Å². The molecular formula is C22H18ClN5OS. The molecule has 2 heterocycles. The van der Waals surface area contributed by atoms with Crippen molar-refractivity contribution in [3.63, 3.8) is 0 Å². The number of anilines is 2. The molecule has 0 saturated heterocycles. The number of amides is 1. The molecule has 4 rings (SSSR count). The number of hydrogen-bond donors (Lipinski definition) is 2. The van der Waals surface area contributed by atoms with Gasteiger partial charge in [0.1, 0.15) is 11.2 Å². The van der Waals surface area contributed by atoms with Crippen molar-refractivity contribution in [2.24, 2.45) is 5.10 Å². The highest BCUT2D eigenvalue weighted by Gasteiger charge is 2.11. The van der Waals surface area contributed by atoms with E-state index in [1.807, 2.05) is 24.3 Å². The summed E-state index contributed by atoms with van der Waals surface area (Å²) in [7, 11) is 0. The number of carbonyl (C=O) groups excluding carboxylic acids is 1. The van der Waals surface area contributed by atoms with Crippen LogP contribution in [0.25, 0.3) is 10.2 Å². The lowest BCUT2D eigenvalue weighted by atomic mass is 10.2. The molecule has 8 heteroatoms. The van der Waals surface area contributed by atoms with Gasteiger partial charge in [0, 0.05) is 10.6 Å². The molecular weight excluding hydrogens is 418 g/mol. The fourth-order valence-electron chi connectivity index (χ4n) is 2.98. The fourth-order valence-corrected chi connectivity index (χ4v) is 4.19. The highest BCUT2D eigenvalue weighted by atomic mass is 35.5. The van der Waals surface area contributed by atoms with Gasteiger partial charge in [0.2, 0.25) is 0 Å². The Balaban J connectivity index is 1.49. The third-order valence-corrected chi connectivity index (χ3v) is 6.06. The number of carbonyl (C=O) groups is 1. The topological polar surface area (TPSA) is 79.3 Å². The van der Waals surface area contributed by atoms with Gasteiger partial charge in [0.25, 0.3) is 5.91 Å². The molecule has 0 bridgehead atoms. The zero-order valence-electron chi connectivity index (χ0n) is 16.3. The van der Waals surface area contributed by atoms with Crippen molar-refractivity contribution in [3.8, 4) is 0 Å². The highest BCUT2D eigenvalue weighted by molar-refractivity contribution is 7.18. The van der Waals surface area contributed by atoms with Crippen LogP contribution in [0.1, 0.15) is 26.4 Å². The number of aryl methyl sites for hydroxylation is 2. The van der Waals surface area contributed by atoms with Crippen LogP contribution >= 0.6 is 22.9 Å². The number of hydrazone groups is 1. The van der Waals surface area contributed by atoms with Gasteiger partial charge in [0.15, 0.2) is 5.82 Å². The number of fused-ring (bicyclic) bond motifs is 1. The first kappa shape index (κ1) is 20.0. The quantitative estimate of drug-likeness (QED) is 0.313. The number of hydrogen-bond acceptors (Lipinski definition) is 6. The van der Waals surface area contributed by atoms with E-state index in [4.69, 9.17) is 11.6 Å². The first-order chi connectivity index (χ1) is 14.5. The molecule has 2 aromatic heterocycles. The molecule has 0 spiro atoms. The molecule has 2 aromatic carbocycles. The van der Waals surface area contributed by atoms with Gasteiger partial charge < -0.3 is 5.32 Å². The highest BCUT2D eigenvalue weighted by Crippen LogP contribution is 2.32. The second-order valence-electron chi connectivity index (χ2n) is 6.62. The lowest BCUT2D eigenvalue weighted by Crippen LogP contribution is -2.12. The van der Waals surface area contributed by atoms with Crippen molar-refractivity contribution in [1.29, 1.82) is 0 Å². The Morgan fingerprint density at radius 2 is 1.97 bits per heavy atom. The molecule has 0 fully saturated rings. The number of nitrogens with one attached hydrogen (secondary N) is 2. The fraction of sp³-hybridized carbons (Fsp3) is 0.0909. The number of aromatic nitrogens is 2. The Bertz CT molecular complexity index is 1270. The minimum atomic E-state index is -0.264. The van der Waals surface area contributed by atoms with Gasteiger partial charge >= 0.3 is 0 Å². The van der Waals surface area contributed by atoms with Crippen LogP contribution < -0.4 is 10.7 Å². The summed E-state index contributed by atoms with van der Waals surface area (Å²) in [4.78, 5) is 23.2. The van der Waals surface area contributed by atoms with E-state index in [-0.39, 0.29) is 5.91 Å². The standard InChI is InChI=1S/C22H18ClN5OS/c1-13-14(2)30-22-19(13)20(24-12-25-22)28-26-11-15-6-5-7-16(10-15)27-21(29)17-8-3-4-9-18(17)23/h3-12H,1-2H3,(H,27,29)(H,24,25,28)/b26-11+. The van der Waals surface area contributed by atoms with E-state index < -0.39 is 0 Å². The molecule has 0 aliphatic rings. The summed E-state index contributed by atoms with van der Waals surface area (Å²) in [5.74, 6) is 0.403. The molecule has 1 amide bonds. The zero-order valence-corrected chi connectivity index (χ0v) is 17.9. The normalized spacial score (nSPS) is 11.2. The van der Waals surface area contributed by atoms with Crippen LogP contribution in [0.4, 0.5) is 11.5 Å². The largest absolute Gasteiger partial charge is 0.322 e. The third-order valence-electron chi connectivity index (χ3n) is 4.61. The molecule has 2 N–H and O–H groups in total. The van der Waals surface area contributed by atoms with Crippen molar-refractivity contribution < 1.29 is 4.79 Å². The molecule has 0 radical (unpaired) electrons. The predicted molar refractivity (Wildman–Crippen MR) is 124 cm³/mol. The average Bonchev–Trinajstić information content (AvgIpc) is 3.03. The molecule has 6 nitrogen and oxygen atoms in total. The van der Waals surface area contributed by atoms with E-state index in [1.165, 1.54) is 11.2 Å². The maximum absolute atomic E-state index is 12.4. The van der Waals surface area contributed by atoms with Gasteiger partial charge in [0.05, 0.1) is 22.2 Å². The van der Waals surface area contributed by atoms with Gasteiger partial charge in [-0.1, -0.05) is 35.9 Å². The summed E-state index contributed by atoms with van der Waals surface area (Å²) >= 11 is 7.73. The van der Waals surface area contributed by atoms with Gasteiger partial charge in [-0.3, -0.25) is 10.2 Å². The van der Waals surface area contributed by atoms with E-state index >= 15 is 0 Å². The van der Waals surface area contributed by atoms with Crippen LogP contribution in [-0.4, -0.2) is 22.1 Å². The van der Waals surface area contributed by atoms with Gasteiger partial charge in [-0.25, -0.2) is 9.97 Å². The lowest BCUT2D eigenvalue weighted by Gasteiger charge is -2.07. The number of halogens is 1. The Morgan fingerprint density at radius 1 is 1.13 bits per heavy atom. The van der Waals surface area contributed by atoms with Crippen molar-refractivity contribution in [2.45, 2.75) is 13.8 Å². The zero-order chi connectivity index (χ0) is 21.1. The van der Waals surface area contributed by atoms with E-state index in [9.17, 15) is 4.79 Å². The van der Waals surface area contributed by atoms with Crippen LogP contribution in [0, 0.1) is 13.8 Å². The second kappa shape index (κ2) is 8.61. The van der Waals surface area contributed by atoms with E-state index in [0.29, 0.717) is 22.1 Å². The van der Waals surface area contributed by atoms with Crippen LogP contribution in [0.2, 0.25) is 5.02 Å². The second-order valence-corrected chi connectivity index (χ2v) is 8.23. The van der Waals surface area contributed by atoms with Crippen molar-refractivity contribution >= 4 is 56.8 Å². The average molecular weight is 436 g/mol. The van der Waals surface area contributed by atoms with E-state index in [0.717, 1.165) is 21.3 Å². The smallest absolute Gasteiger partial charge is 0.257 e. The van der Waals surface area contributed by atoms with Crippen molar-refractivity contribution in [3.05, 3.63) is 81.4 Å². The number of benzene rings is 2. The molecule has 30 heavy (non-hydrogen) atoms. The summed E-state index contributed by atoms with van der Waals surface area (Å²) in [6.45, 7) is 4.12. The monoisotopic (exact) mass is 435 g/mol. The van der Waals surface area contributed by atoms with Gasteiger partial charge in [-0.15, -0.1) is 11.3 Å². The Kier molecular flexibility index (Phi) is 5.74. The third kappa shape index (κ3) is 4.17. The molecule has 4 aromatic rings. The van der Waals surface area contributed by atoms with E-state index in [2.05, 4.69) is 39.7 Å². The summed E-state index contributed by atoms with van der Waals surface area (Å²) in [5, 5.41) is 8.56. The number of rotatable bonds is 5. The molecule has 150 valence electrons.